The molecular formula is C15H20N2O2. The Labute approximate surface area is 113 Å². The molecule has 0 saturated heterocycles. The van der Waals surface area contributed by atoms with Crippen molar-refractivity contribution in [2.45, 2.75) is 27.2 Å². The van der Waals surface area contributed by atoms with Gasteiger partial charge in [-0.3, -0.25) is 0 Å². The SMILES string of the molecule is COc1ccc(C)cc1-c1onc(N)c1CC(C)C. The van der Waals surface area contributed by atoms with Crippen LogP contribution in [0, 0.1) is 12.8 Å². The van der Waals surface area contributed by atoms with E-state index in [4.69, 9.17) is 15.0 Å². The van der Waals surface area contributed by atoms with Gasteiger partial charge in [0.1, 0.15) is 5.75 Å². The molecular weight excluding hydrogens is 240 g/mol. The van der Waals surface area contributed by atoms with Gasteiger partial charge < -0.3 is 15.0 Å². The lowest BCUT2D eigenvalue weighted by molar-refractivity contribution is 0.406. The molecule has 0 radical (unpaired) electrons. The largest absolute Gasteiger partial charge is 0.496 e. The van der Waals surface area contributed by atoms with Gasteiger partial charge in [0.25, 0.3) is 0 Å². The number of anilines is 1. The molecule has 0 atom stereocenters. The Morgan fingerprint density at radius 3 is 2.74 bits per heavy atom. The van der Waals surface area contributed by atoms with Crippen LogP contribution in [0.1, 0.15) is 25.0 Å². The number of nitrogen functional groups attached to an aromatic ring is 1. The number of ether oxygens (including phenoxy) is 1. The Morgan fingerprint density at radius 1 is 1.37 bits per heavy atom. The molecule has 0 saturated carbocycles. The highest BCUT2D eigenvalue weighted by molar-refractivity contribution is 5.72. The maximum absolute atomic E-state index is 5.91. The van der Waals surface area contributed by atoms with Gasteiger partial charge in [-0.15, -0.1) is 0 Å². The summed E-state index contributed by atoms with van der Waals surface area (Å²) in [4.78, 5) is 0. The molecule has 1 aromatic carbocycles. The first-order chi connectivity index (χ1) is 9.02. The van der Waals surface area contributed by atoms with Gasteiger partial charge in [0, 0.05) is 5.56 Å². The van der Waals surface area contributed by atoms with Gasteiger partial charge in [-0.05, 0) is 31.4 Å². The van der Waals surface area contributed by atoms with Crippen LogP contribution in [0.15, 0.2) is 22.7 Å². The minimum atomic E-state index is 0.465. The van der Waals surface area contributed by atoms with Crippen LogP contribution in [0.2, 0.25) is 0 Å². The molecule has 0 aliphatic heterocycles. The number of nitrogens with two attached hydrogens (primary N) is 1. The first-order valence-electron chi connectivity index (χ1n) is 6.42. The Hall–Kier alpha value is -1.97. The summed E-state index contributed by atoms with van der Waals surface area (Å²) in [7, 11) is 1.65. The van der Waals surface area contributed by atoms with Crippen molar-refractivity contribution in [3.63, 3.8) is 0 Å². The normalized spacial score (nSPS) is 11.0. The minimum absolute atomic E-state index is 0.465. The second-order valence-corrected chi connectivity index (χ2v) is 5.18. The van der Waals surface area contributed by atoms with Gasteiger partial charge in [0.2, 0.25) is 0 Å². The molecule has 0 amide bonds. The number of aromatic nitrogens is 1. The number of hydrogen-bond acceptors (Lipinski definition) is 4. The first-order valence-corrected chi connectivity index (χ1v) is 6.42. The van der Waals surface area contributed by atoms with E-state index in [9.17, 15) is 0 Å². The van der Waals surface area contributed by atoms with Crippen molar-refractivity contribution in [2.24, 2.45) is 5.92 Å². The monoisotopic (exact) mass is 260 g/mol. The highest BCUT2D eigenvalue weighted by Gasteiger charge is 2.19. The zero-order valence-electron chi connectivity index (χ0n) is 11.9. The van der Waals surface area contributed by atoms with Crippen molar-refractivity contribution in [1.29, 1.82) is 0 Å². The molecule has 2 aromatic rings. The summed E-state index contributed by atoms with van der Waals surface area (Å²) in [5.74, 6) is 2.43. The number of methoxy groups -OCH3 is 1. The quantitative estimate of drug-likeness (QED) is 0.914. The van der Waals surface area contributed by atoms with E-state index in [-0.39, 0.29) is 0 Å². The molecule has 0 unspecified atom stereocenters. The van der Waals surface area contributed by atoms with Crippen LogP contribution in [0.5, 0.6) is 5.75 Å². The third-order valence-electron chi connectivity index (χ3n) is 3.03. The minimum Gasteiger partial charge on any atom is -0.496 e. The summed E-state index contributed by atoms with van der Waals surface area (Å²) in [6.07, 6.45) is 0.835. The van der Waals surface area contributed by atoms with E-state index >= 15 is 0 Å². The topological polar surface area (TPSA) is 61.3 Å². The molecule has 4 nitrogen and oxygen atoms in total. The smallest absolute Gasteiger partial charge is 0.176 e. The zero-order chi connectivity index (χ0) is 14.0. The fourth-order valence-electron chi connectivity index (χ4n) is 2.14. The summed E-state index contributed by atoms with van der Waals surface area (Å²) >= 11 is 0. The lowest BCUT2D eigenvalue weighted by Gasteiger charge is -2.09. The molecule has 102 valence electrons. The maximum atomic E-state index is 5.91. The third kappa shape index (κ3) is 2.72. The molecule has 2 rings (SSSR count). The van der Waals surface area contributed by atoms with E-state index < -0.39 is 0 Å². The second kappa shape index (κ2) is 5.34. The van der Waals surface area contributed by atoms with Crippen LogP contribution < -0.4 is 10.5 Å². The molecule has 1 aromatic heterocycles. The molecule has 19 heavy (non-hydrogen) atoms. The molecule has 0 bridgehead atoms. The summed E-state index contributed by atoms with van der Waals surface area (Å²) in [5.41, 5.74) is 8.91. The first kappa shape index (κ1) is 13.5. The van der Waals surface area contributed by atoms with E-state index in [2.05, 4.69) is 19.0 Å². The summed E-state index contributed by atoms with van der Waals surface area (Å²) in [6.45, 7) is 6.32. The van der Waals surface area contributed by atoms with Crippen LogP contribution in [0.3, 0.4) is 0 Å². The van der Waals surface area contributed by atoms with Crippen molar-refractivity contribution in [3.8, 4) is 17.1 Å². The van der Waals surface area contributed by atoms with Gasteiger partial charge >= 0.3 is 0 Å². The van der Waals surface area contributed by atoms with Crippen LogP contribution in [0.25, 0.3) is 11.3 Å². The van der Waals surface area contributed by atoms with Gasteiger partial charge in [0.15, 0.2) is 11.6 Å². The fourth-order valence-corrected chi connectivity index (χ4v) is 2.14. The second-order valence-electron chi connectivity index (χ2n) is 5.18. The third-order valence-corrected chi connectivity index (χ3v) is 3.03. The van der Waals surface area contributed by atoms with Crippen molar-refractivity contribution in [3.05, 3.63) is 29.3 Å². The summed E-state index contributed by atoms with van der Waals surface area (Å²) in [5, 5.41) is 3.90. The Bertz CT molecular complexity index is 574. The van der Waals surface area contributed by atoms with Gasteiger partial charge in [-0.1, -0.05) is 30.6 Å². The number of benzene rings is 1. The predicted molar refractivity (Wildman–Crippen MR) is 76.2 cm³/mol. The fraction of sp³-hybridized carbons (Fsp3) is 0.400. The lowest BCUT2D eigenvalue weighted by atomic mass is 9.98. The van der Waals surface area contributed by atoms with Crippen molar-refractivity contribution in [1.82, 2.24) is 5.16 Å². The molecule has 2 N–H and O–H groups in total. The van der Waals surface area contributed by atoms with Crippen molar-refractivity contribution in [2.75, 3.05) is 12.8 Å². The average molecular weight is 260 g/mol. The van der Waals surface area contributed by atoms with Crippen LogP contribution in [-0.4, -0.2) is 12.3 Å². The highest BCUT2D eigenvalue weighted by atomic mass is 16.5. The van der Waals surface area contributed by atoms with Crippen molar-refractivity contribution < 1.29 is 9.26 Å². The number of nitrogens with zero attached hydrogens (tertiary/aromatic N) is 1. The highest BCUT2D eigenvalue weighted by Crippen LogP contribution is 2.36. The standard InChI is InChI=1S/C15H20N2O2/c1-9(2)7-12-14(19-17-15(12)16)11-8-10(3)5-6-13(11)18-4/h5-6,8-9H,7H2,1-4H3,(H2,16,17). The van der Waals surface area contributed by atoms with Gasteiger partial charge in [-0.25, -0.2) is 0 Å². The van der Waals surface area contributed by atoms with E-state index in [1.165, 1.54) is 0 Å². The van der Waals surface area contributed by atoms with Crippen molar-refractivity contribution >= 4 is 5.82 Å². The Balaban J connectivity index is 2.55. The molecule has 1 heterocycles. The summed E-state index contributed by atoms with van der Waals surface area (Å²) < 4.78 is 10.8. The van der Waals surface area contributed by atoms with Crippen LogP contribution in [0.4, 0.5) is 5.82 Å². The maximum Gasteiger partial charge on any atom is 0.176 e. The number of hydrogen-bond donors (Lipinski definition) is 1. The lowest BCUT2D eigenvalue weighted by Crippen LogP contribution is -1.99. The molecule has 4 heteroatoms. The average Bonchev–Trinajstić information content (AvgIpc) is 2.70. The van der Waals surface area contributed by atoms with E-state index in [0.29, 0.717) is 17.5 Å². The van der Waals surface area contributed by atoms with E-state index in [1.807, 2.05) is 25.1 Å². The number of aryl methyl sites for hydroxylation is 1. The van der Waals surface area contributed by atoms with E-state index in [1.54, 1.807) is 7.11 Å². The molecule has 0 fully saturated rings. The Kier molecular flexibility index (Phi) is 3.79. The van der Waals surface area contributed by atoms with Gasteiger partial charge in [0.05, 0.1) is 12.7 Å². The predicted octanol–water partition coefficient (Wildman–Crippen LogP) is 3.44. The molecule has 0 spiro atoms. The van der Waals surface area contributed by atoms with Crippen LogP contribution in [-0.2, 0) is 6.42 Å². The summed E-state index contributed by atoms with van der Waals surface area (Å²) in [6, 6.07) is 5.97. The van der Waals surface area contributed by atoms with Gasteiger partial charge in [-0.2, -0.15) is 0 Å². The Morgan fingerprint density at radius 2 is 2.11 bits per heavy atom. The zero-order valence-corrected chi connectivity index (χ0v) is 11.9. The van der Waals surface area contributed by atoms with E-state index in [0.717, 1.165) is 28.9 Å². The molecule has 0 aliphatic carbocycles. The number of rotatable bonds is 4. The molecule has 0 aliphatic rings. The van der Waals surface area contributed by atoms with Crippen LogP contribution >= 0.6 is 0 Å².